The Bertz CT molecular complexity index is 492. The molecule has 2 amide bonds. The van der Waals surface area contributed by atoms with E-state index >= 15 is 0 Å². The lowest BCUT2D eigenvalue weighted by Crippen LogP contribution is -2.55. The summed E-state index contributed by atoms with van der Waals surface area (Å²) < 4.78 is 0. The number of carboxylic acids is 1. The Morgan fingerprint density at radius 3 is 2.00 bits per heavy atom. The summed E-state index contributed by atoms with van der Waals surface area (Å²) in [5.41, 5.74) is -0.465. The van der Waals surface area contributed by atoms with Crippen LogP contribution >= 0.6 is 0 Å². The van der Waals surface area contributed by atoms with Crippen LogP contribution in [0.4, 0.5) is 0 Å². The molecular formula is C19H34N2O4. The van der Waals surface area contributed by atoms with Gasteiger partial charge in [-0.15, -0.1) is 0 Å². The minimum absolute atomic E-state index is 0.0556. The molecule has 25 heavy (non-hydrogen) atoms. The number of hydrogen-bond acceptors (Lipinski definition) is 3. The van der Waals surface area contributed by atoms with E-state index in [0.717, 1.165) is 19.3 Å². The van der Waals surface area contributed by atoms with Crippen molar-refractivity contribution in [3.63, 3.8) is 0 Å². The fourth-order valence-corrected chi connectivity index (χ4v) is 3.49. The number of carboxylic acid groups (broad SMARTS) is 1. The van der Waals surface area contributed by atoms with E-state index in [1.807, 2.05) is 34.6 Å². The highest BCUT2D eigenvalue weighted by Gasteiger charge is 2.43. The van der Waals surface area contributed by atoms with E-state index in [-0.39, 0.29) is 23.7 Å². The Labute approximate surface area is 151 Å². The third-order valence-corrected chi connectivity index (χ3v) is 5.10. The zero-order valence-corrected chi connectivity index (χ0v) is 16.4. The summed E-state index contributed by atoms with van der Waals surface area (Å²) in [6.07, 6.45) is 3.24. The van der Waals surface area contributed by atoms with Crippen LogP contribution in [0.25, 0.3) is 0 Å². The summed E-state index contributed by atoms with van der Waals surface area (Å²) >= 11 is 0. The molecule has 0 heterocycles. The maximum Gasteiger partial charge on any atom is 0.307 e. The number of rotatable bonds is 8. The lowest BCUT2D eigenvalue weighted by molar-refractivity contribution is -0.152. The lowest BCUT2D eigenvalue weighted by Gasteiger charge is -2.37. The molecule has 0 bridgehead atoms. The standard InChI is InChI=1S/C19H34N2O4/c1-11(2)10-13(14(18(24)25)12-8-7-9-12)16(22)21-15(17(23)20-6)19(3,4)5/h11-15H,7-10H2,1-6H3,(H,20,23)(H,21,22)(H,24,25)/t13?,14-,15+/m0/s1. The van der Waals surface area contributed by atoms with Crippen LogP contribution < -0.4 is 10.6 Å². The van der Waals surface area contributed by atoms with Crippen molar-refractivity contribution >= 4 is 17.8 Å². The van der Waals surface area contributed by atoms with Crippen molar-refractivity contribution in [2.24, 2.45) is 29.1 Å². The van der Waals surface area contributed by atoms with Crippen LogP contribution in [0.2, 0.25) is 0 Å². The number of carbonyl (C=O) groups excluding carboxylic acids is 2. The molecule has 1 saturated carbocycles. The molecule has 1 unspecified atom stereocenters. The van der Waals surface area contributed by atoms with Gasteiger partial charge in [-0.3, -0.25) is 14.4 Å². The molecule has 1 aliphatic carbocycles. The summed E-state index contributed by atoms with van der Waals surface area (Å²) in [7, 11) is 1.53. The Balaban J connectivity index is 3.05. The van der Waals surface area contributed by atoms with E-state index in [0.29, 0.717) is 6.42 Å². The average molecular weight is 354 g/mol. The van der Waals surface area contributed by atoms with Crippen molar-refractivity contribution in [1.29, 1.82) is 0 Å². The van der Waals surface area contributed by atoms with Gasteiger partial charge in [0.2, 0.25) is 11.8 Å². The van der Waals surface area contributed by atoms with Crippen molar-refractivity contribution in [2.45, 2.75) is 66.3 Å². The van der Waals surface area contributed by atoms with E-state index in [9.17, 15) is 19.5 Å². The van der Waals surface area contributed by atoms with E-state index in [2.05, 4.69) is 10.6 Å². The molecule has 0 saturated heterocycles. The third-order valence-electron chi connectivity index (χ3n) is 5.10. The highest BCUT2D eigenvalue weighted by atomic mass is 16.4. The van der Waals surface area contributed by atoms with Gasteiger partial charge in [0.1, 0.15) is 6.04 Å². The zero-order chi connectivity index (χ0) is 19.4. The van der Waals surface area contributed by atoms with Gasteiger partial charge in [0.05, 0.1) is 11.8 Å². The van der Waals surface area contributed by atoms with Crippen LogP contribution in [-0.4, -0.2) is 36.0 Å². The number of amides is 2. The van der Waals surface area contributed by atoms with Gasteiger partial charge in [-0.05, 0) is 36.5 Å². The van der Waals surface area contributed by atoms with Gasteiger partial charge in [-0.2, -0.15) is 0 Å². The van der Waals surface area contributed by atoms with Crippen LogP contribution in [0.15, 0.2) is 0 Å². The fourth-order valence-electron chi connectivity index (χ4n) is 3.49. The van der Waals surface area contributed by atoms with Crippen molar-refractivity contribution in [2.75, 3.05) is 7.05 Å². The monoisotopic (exact) mass is 354 g/mol. The molecule has 0 aromatic rings. The predicted molar refractivity (Wildman–Crippen MR) is 96.9 cm³/mol. The molecule has 1 rings (SSSR count). The second kappa shape index (κ2) is 8.68. The van der Waals surface area contributed by atoms with E-state index in [1.165, 1.54) is 7.05 Å². The first-order chi connectivity index (χ1) is 11.5. The molecule has 3 atom stereocenters. The molecule has 6 nitrogen and oxygen atoms in total. The fraction of sp³-hybridized carbons (Fsp3) is 0.842. The molecule has 0 radical (unpaired) electrons. The maximum atomic E-state index is 13.0. The van der Waals surface area contributed by atoms with E-state index < -0.39 is 29.3 Å². The number of likely N-dealkylation sites (N-methyl/N-ethyl adjacent to an activating group) is 1. The summed E-state index contributed by atoms with van der Waals surface area (Å²) in [6.45, 7) is 9.61. The first-order valence-corrected chi connectivity index (χ1v) is 9.23. The van der Waals surface area contributed by atoms with Crippen molar-refractivity contribution < 1.29 is 19.5 Å². The number of hydrogen-bond donors (Lipinski definition) is 3. The van der Waals surface area contributed by atoms with E-state index in [4.69, 9.17) is 0 Å². The van der Waals surface area contributed by atoms with Crippen LogP contribution in [0.3, 0.4) is 0 Å². The molecule has 6 heteroatoms. The van der Waals surface area contributed by atoms with Gasteiger partial charge in [-0.25, -0.2) is 0 Å². The predicted octanol–water partition coefficient (Wildman–Crippen LogP) is 2.43. The Hall–Kier alpha value is -1.59. The molecule has 1 aliphatic rings. The number of aliphatic carboxylic acids is 1. The van der Waals surface area contributed by atoms with Crippen LogP contribution in [0.5, 0.6) is 0 Å². The highest BCUT2D eigenvalue weighted by Crippen LogP contribution is 2.39. The Kier molecular flexibility index (Phi) is 7.44. The second-order valence-electron chi connectivity index (χ2n) is 8.71. The van der Waals surface area contributed by atoms with Crippen LogP contribution in [0, 0.1) is 29.1 Å². The molecule has 0 aromatic heterocycles. The second-order valence-corrected chi connectivity index (χ2v) is 8.71. The smallest absolute Gasteiger partial charge is 0.307 e. The normalized spacial score (nSPS) is 18.8. The SMILES string of the molecule is CNC(=O)[C@@H](NC(=O)C(CC(C)C)[C@@H](C(=O)O)C1CCC1)C(C)(C)C. The first kappa shape index (κ1) is 21.5. The van der Waals surface area contributed by atoms with Gasteiger partial charge < -0.3 is 15.7 Å². The van der Waals surface area contributed by atoms with Crippen LogP contribution in [-0.2, 0) is 14.4 Å². The van der Waals surface area contributed by atoms with Gasteiger partial charge in [-0.1, -0.05) is 41.0 Å². The number of nitrogens with one attached hydrogen (secondary N) is 2. The summed E-state index contributed by atoms with van der Waals surface area (Å²) in [4.78, 5) is 37.1. The molecule has 144 valence electrons. The topological polar surface area (TPSA) is 95.5 Å². The minimum Gasteiger partial charge on any atom is -0.481 e. The third kappa shape index (κ3) is 5.72. The summed E-state index contributed by atoms with van der Waals surface area (Å²) in [5, 5.41) is 15.2. The van der Waals surface area contributed by atoms with Crippen molar-refractivity contribution in [3.8, 4) is 0 Å². The maximum absolute atomic E-state index is 13.0. The quantitative estimate of drug-likeness (QED) is 0.624. The van der Waals surface area contributed by atoms with Crippen LogP contribution in [0.1, 0.15) is 60.3 Å². The van der Waals surface area contributed by atoms with Gasteiger partial charge in [0.15, 0.2) is 0 Å². The van der Waals surface area contributed by atoms with E-state index in [1.54, 1.807) is 0 Å². The molecule has 0 spiro atoms. The van der Waals surface area contributed by atoms with Gasteiger partial charge >= 0.3 is 5.97 Å². The van der Waals surface area contributed by atoms with Gasteiger partial charge in [0, 0.05) is 7.05 Å². The summed E-state index contributed by atoms with van der Waals surface area (Å²) in [5.74, 6) is -2.53. The lowest BCUT2D eigenvalue weighted by atomic mass is 9.68. The highest BCUT2D eigenvalue weighted by molar-refractivity contribution is 5.91. The minimum atomic E-state index is -0.905. The average Bonchev–Trinajstić information content (AvgIpc) is 2.43. The van der Waals surface area contributed by atoms with Gasteiger partial charge in [0.25, 0.3) is 0 Å². The molecular weight excluding hydrogens is 320 g/mol. The first-order valence-electron chi connectivity index (χ1n) is 9.23. The molecule has 0 aromatic carbocycles. The molecule has 1 fully saturated rings. The molecule has 3 N–H and O–H groups in total. The molecule has 0 aliphatic heterocycles. The largest absolute Gasteiger partial charge is 0.481 e. The Morgan fingerprint density at radius 2 is 1.68 bits per heavy atom. The zero-order valence-electron chi connectivity index (χ0n) is 16.4. The Morgan fingerprint density at radius 1 is 1.12 bits per heavy atom. The number of carbonyl (C=O) groups is 3. The summed E-state index contributed by atoms with van der Waals surface area (Å²) in [6, 6.07) is -0.699. The van der Waals surface area contributed by atoms with Crippen molar-refractivity contribution in [3.05, 3.63) is 0 Å². The van der Waals surface area contributed by atoms with Crippen molar-refractivity contribution in [1.82, 2.24) is 10.6 Å².